The van der Waals surface area contributed by atoms with Crippen LogP contribution < -0.4 is 14.8 Å². The summed E-state index contributed by atoms with van der Waals surface area (Å²) in [5.41, 5.74) is 3.20. The second-order valence-electron chi connectivity index (χ2n) is 7.40. The molecule has 1 aromatic heterocycles. The van der Waals surface area contributed by atoms with E-state index in [1.54, 1.807) is 21.3 Å². The van der Waals surface area contributed by atoms with Gasteiger partial charge in [0.2, 0.25) is 5.91 Å². The highest BCUT2D eigenvalue weighted by Crippen LogP contribution is 2.28. The van der Waals surface area contributed by atoms with Gasteiger partial charge in [-0.3, -0.25) is 9.36 Å². The van der Waals surface area contributed by atoms with E-state index in [9.17, 15) is 4.79 Å². The number of aryl methyl sites for hydroxylation is 1. The third-order valence-corrected chi connectivity index (χ3v) is 6.00. The van der Waals surface area contributed by atoms with Gasteiger partial charge in [0, 0.05) is 19.2 Å². The van der Waals surface area contributed by atoms with Gasteiger partial charge in [-0.15, -0.1) is 10.2 Å². The zero-order valence-corrected chi connectivity index (χ0v) is 20.3. The van der Waals surface area contributed by atoms with E-state index in [4.69, 9.17) is 14.2 Å². The van der Waals surface area contributed by atoms with Crippen LogP contribution in [-0.4, -0.2) is 60.9 Å². The van der Waals surface area contributed by atoms with Crippen molar-refractivity contribution in [2.45, 2.75) is 25.0 Å². The first-order chi connectivity index (χ1) is 16.0. The van der Waals surface area contributed by atoms with Gasteiger partial charge in [-0.05, 0) is 37.1 Å². The number of benzene rings is 2. The molecule has 1 amide bonds. The predicted molar refractivity (Wildman–Crippen MR) is 129 cm³/mol. The van der Waals surface area contributed by atoms with Crippen LogP contribution in [0.2, 0.25) is 0 Å². The number of carbonyl (C=O) groups is 1. The maximum atomic E-state index is 12.4. The van der Waals surface area contributed by atoms with Gasteiger partial charge in [0.05, 0.1) is 33.1 Å². The van der Waals surface area contributed by atoms with Crippen molar-refractivity contribution < 1.29 is 19.0 Å². The van der Waals surface area contributed by atoms with Crippen LogP contribution in [0.1, 0.15) is 11.1 Å². The van der Waals surface area contributed by atoms with Gasteiger partial charge >= 0.3 is 0 Å². The van der Waals surface area contributed by atoms with E-state index in [1.165, 1.54) is 11.8 Å². The highest BCUT2D eigenvalue weighted by Gasteiger charge is 2.16. The van der Waals surface area contributed by atoms with Crippen LogP contribution in [-0.2, 0) is 22.5 Å². The van der Waals surface area contributed by atoms with Crippen molar-refractivity contribution in [1.82, 2.24) is 20.1 Å². The molecule has 3 rings (SSSR count). The Kier molecular flexibility index (Phi) is 9.14. The number of aromatic nitrogens is 3. The zero-order chi connectivity index (χ0) is 23.6. The smallest absolute Gasteiger partial charge is 0.230 e. The van der Waals surface area contributed by atoms with Gasteiger partial charge in [0.1, 0.15) is 0 Å². The molecule has 3 aromatic rings. The van der Waals surface area contributed by atoms with E-state index < -0.39 is 0 Å². The number of carbonyl (C=O) groups excluding carboxylic acids is 1. The Labute approximate surface area is 198 Å². The maximum Gasteiger partial charge on any atom is 0.230 e. The third-order valence-electron chi connectivity index (χ3n) is 5.03. The highest BCUT2D eigenvalue weighted by atomic mass is 32.2. The summed E-state index contributed by atoms with van der Waals surface area (Å²) in [6, 6.07) is 13.9. The first-order valence-corrected chi connectivity index (χ1v) is 11.6. The van der Waals surface area contributed by atoms with Crippen LogP contribution in [0.25, 0.3) is 11.4 Å². The number of methoxy groups -OCH3 is 3. The number of amides is 1. The van der Waals surface area contributed by atoms with Gasteiger partial charge in [0.15, 0.2) is 22.5 Å². The van der Waals surface area contributed by atoms with E-state index in [1.807, 2.05) is 47.9 Å². The van der Waals surface area contributed by atoms with Gasteiger partial charge in [-0.2, -0.15) is 0 Å². The first-order valence-electron chi connectivity index (χ1n) is 10.6. The monoisotopic (exact) mass is 470 g/mol. The van der Waals surface area contributed by atoms with E-state index in [-0.39, 0.29) is 11.7 Å². The molecule has 9 heteroatoms. The third kappa shape index (κ3) is 6.72. The lowest BCUT2D eigenvalue weighted by Crippen LogP contribution is -2.27. The fourth-order valence-corrected chi connectivity index (χ4v) is 4.14. The molecule has 33 heavy (non-hydrogen) atoms. The van der Waals surface area contributed by atoms with E-state index in [0.29, 0.717) is 42.8 Å². The standard InChI is InChI=1S/C24H30N4O4S/c1-17-6-5-7-19(14-17)23-26-27-24(28(23)12-13-30-2)33-16-22(29)25-11-10-18-8-9-20(31-3)21(15-18)32-4/h5-9,14-15H,10-13,16H2,1-4H3,(H,25,29). The highest BCUT2D eigenvalue weighted by molar-refractivity contribution is 7.99. The summed E-state index contributed by atoms with van der Waals surface area (Å²) in [6.07, 6.45) is 0.693. The summed E-state index contributed by atoms with van der Waals surface area (Å²) in [4.78, 5) is 12.4. The summed E-state index contributed by atoms with van der Waals surface area (Å²) in [7, 11) is 4.88. The summed E-state index contributed by atoms with van der Waals surface area (Å²) >= 11 is 1.37. The predicted octanol–water partition coefficient (Wildman–Crippen LogP) is 3.37. The van der Waals surface area contributed by atoms with Crippen molar-refractivity contribution in [3.05, 3.63) is 53.6 Å². The fraction of sp³-hybridized carbons (Fsp3) is 0.375. The van der Waals surface area contributed by atoms with Crippen molar-refractivity contribution in [3.63, 3.8) is 0 Å². The minimum atomic E-state index is -0.0566. The normalized spacial score (nSPS) is 10.8. The van der Waals surface area contributed by atoms with E-state index in [2.05, 4.69) is 21.6 Å². The molecule has 0 bridgehead atoms. The molecule has 1 heterocycles. The van der Waals surface area contributed by atoms with Crippen molar-refractivity contribution in [2.24, 2.45) is 0 Å². The first kappa shape index (κ1) is 24.6. The minimum Gasteiger partial charge on any atom is -0.493 e. The Balaban J connectivity index is 1.57. The lowest BCUT2D eigenvalue weighted by molar-refractivity contribution is -0.118. The number of hydrogen-bond acceptors (Lipinski definition) is 7. The van der Waals surface area contributed by atoms with Gasteiger partial charge in [0.25, 0.3) is 0 Å². The molecule has 0 aliphatic heterocycles. The van der Waals surface area contributed by atoms with Gasteiger partial charge in [-0.25, -0.2) is 0 Å². The summed E-state index contributed by atoms with van der Waals surface area (Å²) < 4.78 is 17.8. The minimum absolute atomic E-state index is 0.0566. The molecular weight excluding hydrogens is 440 g/mol. The molecule has 0 saturated heterocycles. The number of nitrogens with one attached hydrogen (secondary N) is 1. The van der Waals surface area contributed by atoms with E-state index >= 15 is 0 Å². The lowest BCUT2D eigenvalue weighted by Gasteiger charge is -2.11. The zero-order valence-electron chi connectivity index (χ0n) is 19.5. The van der Waals surface area contributed by atoms with Crippen LogP contribution >= 0.6 is 11.8 Å². The second-order valence-corrected chi connectivity index (χ2v) is 8.34. The van der Waals surface area contributed by atoms with Crippen LogP contribution in [0.4, 0.5) is 0 Å². The maximum absolute atomic E-state index is 12.4. The number of hydrogen-bond donors (Lipinski definition) is 1. The molecule has 1 N–H and O–H groups in total. The molecule has 0 unspecified atom stereocenters. The van der Waals surface area contributed by atoms with Crippen LogP contribution in [0, 0.1) is 6.92 Å². The summed E-state index contributed by atoms with van der Waals surface area (Å²) in [6.45, 7) is 3.71. The Morgan fingerprint density at radius 1 is 1.06 bits per heavy atom. The van der Waals surface area contributed by atoms with Crippen LogP contribution in [0.3, 0.4) is 0 Å². The molecule has 0 saturated carbocycles. The molecule has 2 aromatic carbocycles. The van der Waals surface area contributed by atoms with Gasteiger partial charge in [-0.1, -0.05) is 41.6 Å². The summed E-state index contributed by atoms with van der Waals surface area (Å²) in [5, 5.41) is 12.4. The Morgan fingerprint density at radius 2 is 1.88 bits per heavy atom. The lowest BCUT2D eigenvalue weighted by atomic mass is 10.1. The summed E-state index contributed by atoms with van der Waals surface area (Å²) in [5.74, 6) is 2.33. The molecular formula is C24H30N4O4S. The molecule has 0 radical (unpaired) electrons. The SMILES string of the molecule is COCCn1c(SCC(=O)NCCc2ccc(OC)c(OC)c2)nnc1-c1cccc(C)c1. The second kappa shape index (κ2) is 12.3. The Morgan fingerprint density at radius 3 is 2.61 bits per heavy atom. The Bertz CT molecular complexity index is 1070. The van der Waals surface area contributed by atoms with Crippen molar-refractivity contribution in [2.75, 3.05) is 40.2 Å². The van der Waals surface area contributed by atoms with Crippen LogP contribution in [0.15, 0.2) is 47.6 Å². The van der Waals surface area contributed by atoms with Crippen LogP contribution in [0.5, 0.6) is 11.5 Å². The average molecular weight is 471 g/mol. The molecule has 8 nitrogen and oxygen atoms in total. The quantitative estimate of drug-likeness (QED) is 0.406. The number of ether oxygens (including phenoxy) is 3. The molecule has 0 aliphatic rings. The van der Waals surface area contributed by atoms with Crippen molar-refractivity contribution in [1.29, 1.82) is 0 Å². The fourth-order valence-electron chi connectivity index (χ4n) is 3.34. The van der Waals surface area contributed by atoms with E-state index in [0.717, 1.165) is 22.5 Å². The Hall–Kier alpha value is -3.04. The molecule has 0 aliphatic carbocycles. The number of rotatable bonds is 12. The molecule has 0 fully saturated rings. The average Bonchev–Trinajstić information content (AvgIpc) is 3.24. The topological polar surface area (TPSA) is 87.5 Å². The molecule has 176 valence electrons. The number of thioether (sulfide) groups is 1. The molecule has 0 spiro atoms. The van der Waals surface area contributed by atoms with Crippen molar-refractivity contribution >= 4 is 17.7 Å². The number of nitrogens with zero attached hydrogens (tertiary/aromatic N) is 3. The largest absolute Gasteiger partial charge is 0.493 e. The van der Waals surface area contributed by atoms with Gasteiger partial charge < -0.3 is 19.5 Å². The molecule has 0 atom stereocenters. The van der Waals surface area contributed by atoms with Crippen molar-refractivity contribution in [3.8, 4) is 22.9 Å².